The second-order valence-corrected chi connectivity index (χ2v) is 7.02. The predicted molar refractivity (Wildman–Crippen MR) is 83.5 cm³/mol. The van der Waals surface area contributed by atoms with Crippen LogP contribution in [0, 0.1) is 6.92 Å². The van der Waals surface area contributed by atoms with Gasteiger partial charge in [-0.25, -0.2) is 4.79 Å². The molecule has 0 spiro atoms. The summed E-state index contributed by atoms with van der Waals surface area (Å²) in [6.45, 7) is 8.20. The third kappa shape index (κ3) is 5.67. The molecule has 124 valence electrons. The summed E-state index contributed by atoms with van der Waals surface area (Å²) in [5.74, 6) is 0.847. The van der Waals surface area contributed by atoms with Crippen LogP contribution >= 0.6 is 0 Å². The SMILES string of the molecule is Cc1cc(CNC2CCCC(NC(=O)OC(C)(C)C)C2)on1. The van der Waals surface area contributed by atoms with Crippen molar-refractivity contribution >= 4 is 6.09 Å². The molecule has 2 atom stereocenters. The number of amides is 1. The number of aryl methyl sites for hydroxylation is 1. The van der Waals surface area contributed by atoms with Gasteiger partial charge in [-0.05, 0) is 53.4 Å². The Hall–Kier alpha value is -1.56. The first-order valence-corrected chi connectivity index (χ1v) is 7.97. The van der Waals surface area contributed by atoms with Crippen molar-refractivity contribution in [3.05, 3.63) is 17.5 Å². The molecule has 1 saturated carbocycles. The molecule has 2 unspecified atom stereocenters. The highest BCUT2D eigenvalue weighted by atomic mass is 16.6. The fourth-order valence-electron chi connectivity index (χ4n) is 2.73. The topological polar surface area (TPSA) is 76.4 Å². The predicted octanol–water partition coefficient (Wildman–Crippen LogP) is 2.91. The molecule has 1 aromatic rings. The Balaban J connectivity index is 1.75. The van der Waals surface area contributed by atoms with E-state index in [2.05, 4.69) is 15.8 Å². The number of hydrogen-bond acceptors (Lipinski definition) is 5. The first-order chi connectivity index (χ1) is 10.3. The molecule has 6 heteroatoms. The first-order valence-electron chi connectivity index (χ1n) is 7.97. The molecule has 0 bridgehead atoms. The van der Waals surface area contributed by atoms with Crippen molar-refractivity contribution in [2.45, 2.75) is 77.6 Å². The zero-order valence-electron chi connectivity index (χ0n) is 13.9. The van der Waals surface area contributed by atoms with E-state index >= 15 is 0 Å². The van der Waals surface area contributed by atoms with Gasteiger partial charge in [0.15, 0.2) is 5.76 Å². The van der Waals surface area contributed by atoms with Crippen molar-refractivity contribution in [1.29, 1.82) is 0 Å². The second-order valence-electron chi connectivity index (χ2n) is 7.02. The Morgan fingerprint density at radius 2 is 2.14 bits per heavy atom. The van der Waals surface area contributed by atoms with Crippen LogP contribution in [0.1, 0.15) is 57.9 Å². The van der Waals surface area contributed by atoms with Gasteiger partial charge in [-0.2, -0.15) is 0 Å². The third-order valence-electron chi connectivity index (χ3n) is 3.64. The Morgan fingerprint density at radius 1 is 1.41 bits per heavy atom. The normalized spacial score (nSPS) is 22.4. The van der Waals surface area contributed by atoms with Crippen molar-refractivity contribution in [1.82, 2.24) is 15.8 Å². The number of carbonyl (C=O) groups is 1. The quantitative estimate of drug-likeness (QED) is 0.894. The molecule has 0 aromatic carbocycles. The zero-order chi connectivity index (χ0) is 16.2. The number of nitrogens with one attached hydrogen (secondary N) is 2. The average molecular weight is 309 g/mol. The summed E-state index contributed by atoms with van der Waals surface area (Å²) in [6, 6.07) is 2.48. The molecule has 1 aromatic heterocycles. The molecule has 6 nitrogen and oxygen atoms in total. The van der Waals surface area contributed by atoms with E-state index in [4.69, 9.17) is 9.26 Å². The van der Waals surface area contributed by atoms with Crippen molar-refractivity contribution in [2.75, 3.05) is 0 Å². The highest BCUT2D eigenvalue weighted by molar-refractivity contribution is 5.68. The number of carbonyl (C=O) groups excluding carboxylic acids is 1. The first kappa shape index (κ1) is 16.8. The van der Waals surface area contributed by atoms with Crippen LogP contribution < -0.4 is 10.6 Å². The van der Waals surface area contributed by atoms with Crippen LogP contribution in [0.4, 0.5) is 4.79 Å². The van der Waals surface area contributed by atoms with Gasteiger partial charge < -0.3 is 19.9 Å². The highest BCUT2D eigenvalue weighted by Gasteiger charge is 2.25. The summed E-state index contributed by atoms with van der Waals surface area (Å²) in [4.78, 5) is 11.8. The molecule has 1 fully saturated rings. The highest BCUT2D eigenvalue weighted by Crippen LogP contribution is 2.20. The van der Waals surface area contributed by atoms with Crippen LogP contribution in [0.15, 0.2) is 10.6 Å². The van der Waals surface area contributed by atoms with E-state index in [-0.39, 0.29) is 12.1 Å². The largest absolute Gasteiger partial charge is 0.444 e. The van der Waals surface area contributed by atoms with Crippen LogP contribution in [0.3, 0.4) is 0 Å². The van der Waals surface area contributed by atoms with Gasteiger partial charge in [0.2, 0.25) is 0 Å². The lowest BCUT2D eigenvalue weighted by atomic mass is 9.91. The summed E-state index contributed by atoms with van der Waals surface area (Å²) in [5.41, 5.74) is 0.436. The molecule has 1 amide bonds. The number of nitrogens with zero attached hydrogens (tertiary/aromatic N) is 1. The third-order valence-corrected chi connectivity index (χ3v) is 3.64. The minimum absolute atomic E-state index is 0.164. The van der Waals surface area contributed by atoms with Crippen molar-refractivity contribution in [2.24, 2.45) is 0 Å². The lowest BCUT2D eigenvalue weighted by Gasteiger charge is -2.31. The monoisotopic (exact) mass is 309 g/mol. The van der Waals surface area contributed by atoms with Gasteiger partial charge in [0.1, 0.15) is 5.60 Å². The molecule has 2 rings (SSSR count). The molecule has 0 radical (unpaired) electrons. The van der Waals surface area contributed by atoms with Crippen molar-refractivity contribution in [3.63, 3.8) is 0 Å². The summed E-state index contributed by atoms with van der Waals surface area (Å²) in [6.07, 6.45) is 3.78. The van der Waals surface area contributed by atoms with Gasteiger partial charge in [0, 0.05) is 18.2 Å². The molecule has 1 aliphatic carbocycles. The summed E-state index contributed by atoms with van der Waals surface area (Å²) < 4.78 is 10.5. The van der Waals surface area contributed by atoms with E-state index < -0.39 is 5.60 Å². The van der Waals surface area contributed by atoms with Gasteiger partial charge in [-0.1, -0.05) is 5.16 Å². The van der Waals surface area contributed by atoms with Crippen molar-refractivity contribution in [3.8, 4) is 0 Å². The number of alkyl carbamates (subject to hydrolysis) is 1. The molecular weight excluding hydrogens is 282 g/mol. The van der Waals surface area contributed by atoms with Crippen LogP contribution in [0.2, 0.25) is 0 Å². The van der Waals surface area contributed by atoms with Gasteiger partial charge in [-0.3, -0.25) is 0 Å². The number of hydrogen-bond donors (Lipinski definition) is 2. The maximum absolute atomic E-state index is 11.8. The fourth-order valence-corrected chi connectivity index (χ4v) is 2.73. The zero-order valence-corrected chi connectivity index (χ0v) is 13.9. The molecule has 1 heterocycles. The summed E-state index contributed by atoms with van der Waals surface area (Å²) in [5, 5.41) is 10.3. The molecule has 0 saturated heterocycles. The smallest absolute Gasteiger partial charge is 0.407 e. The van der Waals surface area contributed by atoms with E-state index in [0.717, 1.165) is 37.1 Å². The molecule has 2 N–H and O–H groups in total. The van der Waals surface area contributed by atoms with Gasteiger partial charge in [0.05, 0.1) is 12.2 Å². The Morgan fingerprint density at radius 3 is 2.77 bits per heavy atom. The average Bonchev–Trinajstić information content (AvgIpc) is 2.80. The maximum Gasteiger partial charge on any atom is 0.407 e. The van der Waals surface area contributed by atoms with E-state index in [1.54, 1.807) is 0 Å². The Labute approximate surface area is 132 Å². The molecular formula is C16H27N3O3. The van der Waals surface area contributed by atoms with Gasteiger partial charge in [0.25, 0.3) is 0 Å². The number of ether oxygens (including phenoxy) is 1. The van der Waals surface area contributed by atoms with E-state index in [9.17, 15) is 4.79 Å². The number of aromatic nitrogens is 1. The minimum Gasteiger partial charge on any atom is -0.444 e. The second kappa shape index (κ2) is 7.13. The van der Waals surface area contributed by atoms with E-state index in [1.807, 2.05) is 33.8 Å². The Bertz CT molecular complexity index is 493. The Kier molecular flexibility index (Phi) is 5.45. The minimum atomic E-state index is -0.458. The summed E-state index contributed by atoms with van der Waals surface area (Å²) in [7, 11) is 0. The van der Waals surface area contributed by atoms with Gasteiger partial charge >= 0.3 is 6.09 Å². The summed E-state index contributed by atoms with van der Waals surface area (Å²) >= 11 is 0. The standard InChI is InChI=1S/C16H27N3O3/c1-11-8-14(22-19-11)10-17-12-6-5-7-13(9-12)18-15(20)21-16(2,3)4/h8,12-13,17H,5-7,9-10H2,1-4H3,(H,18,20). The fraction of sp³-hybridized carbons (Fsp3) is 0.750. The molecule has 0 aliphatic heterocycles. The van der Waals surface area contributed by atoms with E-state index in [0.29, 0.717) is 12.6 Å². The number of rotatable bonds is 4. The van der Waals surface area contributed by atoms with Gasteiger partial charge in [-0.15, -0.1) is 0 Å². The molecule has 1 aliphatic rings. The van der Waals surface area contributed by atoms with Crippen LogP contribution in [0.5, 0.6) is 0 Å². The van der Waals surface area contributed by atoms with Crippen LogP contribution in [-0.2, 0) is 11.3 Å². The van der Waals surface area contributed by atoms with Crippen molar-refractivity contribution < 1.29 is 14.1 Å². The van der Waals surface area contributed by atoms with Crippen LogP contribution in [-0.4, -0.2) is 28.9 Å². The maximum atomic E-state index is 11.8. The lowest BCUT2D eigenvalue weighted by Crippen LogP contribution is -2.45. The lowest BCUT2D eigenvalue weighted by molar-refractivity contribution is 0.0488. The van der Waals surface area contributed by atoms with E-state index in [1.165, 1.54) is 0 Å². The molecule has 22 heavy (non-hydrogen) atoms. The van der Waals surface area contributed by atoms with Crippen LogP contribution in [0.25, 0.3) is 0 Å².